The monoisotopic (exact) mass is 215 g/mol. The van der Waals surface area contributed by atoms with Crippen LogP contribution in [0.1, 0.15) is 12.0 Å². The number of hydrogen-bond donors (Lipinski definition) is 3. The first-order valence-corrected chi connectivity index (χ1v) is 4.53. The van der Waals surface area contributed by atoms with Gasteiger partial charge in [0.25, 0.3) is 5.92 Å². The van der Waals surface area contributed by atoms with Crippen molar-refractivity contribution in [1.29, 1.82) is 0 Å². The molecule has 1 aromatic rings. The quantitative estimate of drug-likeness (QED) is 0.652. The Morgan fingerprint density at radius 2 is 1.93 bits per heavy atom. The highest BCUT2D eigenvalue weighted by Gasteiger charge is 2.71. The topological polar surface area (TPSA) is 66.5 Å². The smallest absolute Gasteiger partial charge is 0.260 e. The zero-order chi connectivity index (χ0) is 11.3. The van der Waals surface area contributed by atoms with Crippen molar-refractivity contribution < 1.29 is 19.0 Å². The normalized spacial score (nSPS) is 27.7. The van der Waals surface area contributed by atoms with Gasteiger partial charge in [0, 0.05) is 18.5 Å². The van der Waals surface area contributed by atoms with Gasteiger partial charge in [-0.15, -0.1) is 0 Å². The Morgan fingerprint density at radius 3 is 2.40 bits per heavy atom. The van der Waals surface area contributed by atoms with E-state index in [1.165, 1.54) is 12.1 Å². The maximum Gasteiger partial charge on any atom is 0.260 e. The highest BCUT2D eigenvalue weighted by Crippen LogP contribution is 2.62. The molecule has 0 aromatic heterocycles. The summed E-state index contributed by atoms with van der Waals surface area (Å²) in [5.74, 6) is -3.30. The van der Waals surface area contributed by atoms with Crippen molar-refractivity contribution in [3.05, 3.63) is 23.8 Å². The van der Waals surface area contributed by atoms with Crippen LogP contribution in [0.15, 0.2) is 18.2 Å². The summed E-state index contributed by atoms with van der Waals surface area (Å²) >= 11 is 0. The summed E-state index contributed by atoms with van der Waals surface area (Å²) in [5.41, 5.74) is 3.84. The Morgan fingerprint density at radius 1 is 1.33 bits per heavy atom. The van der Waals surface area contributed by atoms with Crippen molar-refractivity contribution in [1.82, 2.24) is 0 Å². The summed E-state index contributed by atoms with van der Waals surface area (Å²) < 4.78 is 26.4. The van der Waals surface area contributed by atoms with Crippen molar-refractivity contribution >= 4 is 0 Å². The molecule has 4 N–H and O–H groups in total. The van der Waals surface area contributed by atoms with Crippen LogP contribution in [0.25, 0.3) is 0 Å². The van der Waals surface area contributed by atoms with E-state index < -0.39 is 11.3 Å². The predicted octanol–water partition coefficient (Wildman–Crippen LogP) is 1.33. The van der Waals surface area contributed by atoms with E-state index in [1.54, 1.807) is 0 Å². The van der Waals surface area contributed by atoms with Crippen LogP contribution in [0, 0.1) is 0 Å². The number of halogens is 2. The van der Waals surface area contributed by atoms with E-state index in [9.17, 15) is 19.0 Å². The molecule has 0 saturated heterocycles. The molecule has 0 aliphatic heterocycles. The van der Waals surface area contributed by atoms with Crippen molar-refractivity contribution in [2.45, 2.75) is 17.8 Å². The van der Waals surface area contributed by atoms with E-state index >= 15 is 0 Å². The zero-order valence-corrected chi connectivity index (χ0v) is 7.87. The van der Waals surface area contributed by atoms with Crippen LogP contribution in [-0.4, -0.2) is 22.7 Å². The van der Waals surface area contributed by atoms with Crippen LogP contribution in [0.3, 0.4) is 0 Å². The van der Waals surface area contributed by atoms with Crippen LogP contribution < -0.4 is 5.73 Å². The Labute approximate surface area is 85.1 Å². The summed E-state index contributed by atoms with van der Waals surface area (Å²) in [7, 11) is 0. The van der Waals surface area contributed by atoms with E-state index in [-0.39, 0.29) is 30.0 Å². The van der Waals surface area contributed by atoms with Crippen molar-refractivity contribution in [3.8, 4) is 11.5 Å². The van der Waals surface area contributed by atoms with Gasteiger partial charge in [0.1, 0.15) is 11.5 Å². The van der Waals surface area contributed by atoms with Gasteiger partial charge in [0.15, 0.2) is 0 Å². The van der Waals surface area contributed by atoms with Gasteiger partial charge in [-0.3, -0.25) is 0 Å². The van der Waals surface area contributed by atoms with Crippen LogP contribution in [0.5, 0.6) is 11.5 Å². The average Bonchev–Trinajstić information content (AvgIpc) is 2.74. The van der Waals surface area contributed by atoms with Crippen LogP contribution in [0.2, 0.25) is 0 Å². The molecule has 1 unspecified atom stereocenters. The van der Waals surface area contributed by atoms with Crippen LogP contribution in [0.4, 0.5) is 8.78 Å². The summed E-state index contributed by atoms with van der Waals surface area (Å²) in [6, 6.07) is 3.57. The van der Waals surface area contributed by atoms with Gasteiger partial charge in [0.2, 0.25) is 0 Å². The fourth-order valence-corrected chi connectivity index (χ4v) is 1.87. The lowest BCUT2D eigenvalue weighted by Gasteiger charge is -2.15. The van der Waals surface area contributed by atoms with Gasteiger partial charge in [0.05, 0.1) is 5.41 Å². The van der Waals surface area contributed by atoms with Gasteiger partial charge in [-0.1, -0.05) is 0 Å². The van der Waals surface area contributed by atoms with Gasteiger partial charge in [-0.05, 0) is 18.2 Å². The molecular formula is C10H11F2NO2. The molecular weight excluding hydrogens is 204 g/mol. The molecule has 1 fully saturated rings. The Bertz CT molecular complexity index is 408. The largest absolute Gasteiger partial charge is 0.508 e. The van der Waals surface area contributed by atoms with Gasteiger partial charge in [-0.2, -0.15) is 0 Å². The highest BCUT2D eigenvalue weighted by atomic mass is 19.3. The van der Waals surface area contributed by atoms with E-state index in [0.717, 1.165) is 6.07 Å². The van der Waals surface area contributed by atoms with Crippen molar-refractivity contribution in [2.24, 2.45) is 5.73 Å². The third kappa shape index (κ3) is 1.26. The first kappa shape index (κ1) is 10.2. The van der Waals surface area contributed by atoms with E-state index in [1.807, 2.05) is 0 Å². The summed E-state index contributed by atoms with van der Waals surface area (Å²) in [6.07, 6.45) is -0.381. The summed E-state index contributed by atoms with van der Waals surface area (Å²) in [5, 5.41) is 18.7. The number of hydrogen-bond acceptors (Lipinski definition) is 3. The molecule has 1 aliphatic carbocycles. The highest BCUT2D eigenvalue weighted by molar-refractivity contribution is 5.50. The molecule has 1 atom stereocenters. The maximum atomic E-state index is 13.2. The minimum atomic E-state index is -2.90. The molecule has 82 valence electrons. The molecule has 5 heteroatoms. The standard InChI is InChI=1S/C10H11F2NO2/c11-10(12)4-9(10,5-13)7-3-6(14)1-2-8(7)15/h1-3,14-15H,4-5,13H2. The van der Waals surface area contributed by atoms with E-state index in [4.69, 9.17) is 5.73 Å². The minimum Gasteiger partial charge on any atom is -0.508 e. The van der Waals surface area contributed by atoms with Gasteiger partial charge in [-0.25, -0.2) is 8.78 Å². The number of alkyl halides is 2. The molecule has 0 amide bonds. The predicted molar refractivity (Wildman–Crippen MR) is 50.1 cm³/mol. The number of phenols is 2. The number of phenolic OH excluding ortho intramolecular Hbond substituents is 2. The Kier molecular flexibility index (Phi) is 1.91. The first-order valence-electron chi connectivity index (χ1n) is 4.53. The fraction of sp³-hybridized carbons (Fsp3) is 0.400. The van der Waals surface area contributed by atoms with E-state index in [0.29, 0.717) is 0 Å². The third-order valence-corrected chi connectivity index (χ3v) is 2.94. The Balaban J connectivity index is 2.50. The fourth-order valence-electron chi connectivity index (χ4n) is 1.87. The summed E-state index contributed by atoms with van der Waals surface area (Å²) in [6.45, 7) is -0.253. The third-order valence-electron chi connectivity index (χ3n) is 2.94. The molecule has 1 saturated carbocycles. The molecule has 3 nitrogen and oxygen atoms in total. The molecule has 1 aliphatic rings. The van der Waals surface area contributed by atoms with Crippen LogP contribution in [-0.2, 0) is 5.41 Å². The number of benzene rings is 1. The second-order valence-electron chi connectivity index (χ2n) is 3.87. The lowest BCUT2D eigenvalue weighted by atomic mass is 9.94. The van der Waals surface area contributed by atoms with E-state index in [2.05, 4.69) is 0 Å². The number of rotatable bonds is 2. The first-order chi connectivity index (χ1) is 6.93. The molecule has 1 aromatic carbocycles. The number of aromatic hydroxyl groups is 2. The second kappa shape index (κ2) is 2.82. The molecule has 0 spiro atoms. The summed E-state index contributed by atoms with van der Waals surface area (Å²) in [4.78, 5) is 0. The Hall–Kier alpha value is -1.36. The lowest BCUT2D eigenvalue weighted by molar-refractivity contribution is 0.0889. The SMILES string of the molecule is NCC1(c2cc(O)ccc2O)CC1(F)F. The van der Waals surface area contributed by atoms with Gasteiger partial charge >= 0.3 is 0 Å². The zero-order valence-electron chi connectivity index (χ0n) is 7.87. The molecule has 15 heavy (non-hydrogen) atoms. The minimum absolute atomic E-state index is 0.0231. The van der Waals surface area contributed by atoms with Crippen LogP contribution >= 0.6 is 0 Å². The van der Waals surface area contributed by atoms with Crippen molar-refractivity contribution in [3.63, 3.8) is 0 Å². The maximum absolute atomic E-state index is 13.2. The molecule has 0 bridgehead atoms. The van der Waals surface area contributed by atoms with Gasteiger partial charge < -0.3 is 15.9 Å². The average molecular weight is 215 g/mol. The van der Waals surface area contributed by atoms with Crippen molar-refractivity contribution in [2.75, 3.05) is 6.54 Å². The second-order valence-corrected chi connectivity index (χ2v) is 3.87. The molecule has 0 radical (unpaired) electrons. The lowest BCUT2D eigenvalue weighted by Crippen LogP contribution is -2.26. The molecule has 0 heterocycles. The molecule has 2 rings (SSSR count). The number of nitrogens with two attached hydrogens (primary N) is 1.